The topological polar surface area (TPSA) is 21.3 Å². The van der Waals surface area contributed by atoms with Gasteiger partial charge in [-0.3, -0.25) is 0 Å². The Balaban J connectivity index is 2.97. The van der Waals surface area contributed by atoms with E-state index in [-0.39, 0.29) is 0 Å². The van der Waals surface area contributed by atoms with Crippen molar-refractivity contribution < 1.29 is 4.74 Å². The molecule has 0 aliphatic rings. The van der Waals surface area contributed by atoms with Crippen LogP contribution in [0.4, 0.5) is 0 Å². The van der Waals surface area contributed by atoms with E-state index in [0.29, 0.717) is 6.10 Å². The molecule has 0 aliphatic heterocycles. The molecule has 0 heterocycles. The Morgan fingerprint density at radius 2 is 2.15 bits per heavy atom. The smallest absolute Gasteiger partial charge is 0.0671 e. The highest BCUT2D eigenvalue weighted by Crippen LogP contribution is 1.99. The number of rotatable bonds is 9. The molecule has 3 heteroatoms. The average molecular weight is 205 g/mol. The van der Waals surface area contributed by atoms with E-state index in [1.54, 1.807) is 0 Å². The Morgan fingerprint density at radius 3 is 2.77 bits per heavy atom. The van der Waals surface area contributed by atoms with Gasteiger partial charge in [0.15, 0.2) is 0 Å². The molecule has 0 rings (SSSR count). The second kappa shape index (κ2) is 10.4. The van der Waals surface area contributed by atoms with E-state index in [0.717, 1.165) is 19.7 Å². The molecule has 0 radical (unpaired) electrons. The molecule has 13 heavy (non-hydrogen) atoms. The van der Waals surface area contributed by atoms with Crippen molar-refractivity contribution in [3.8, 4) is 0 Å². The van der Waals surface area contributed by atoms with Crippen LogP contribution in [0.3, 0.4) is 0 Å². The number of ether oxygens (including phenoxy) is 1. The fourth-order valence-corrected chi connectivity index (χ4v) is 1.73. The van der Waals surface area contributed by atoms with Crippen LogP contribution >= 0.6 is 11.8 Å². The zero-order valence-electron chi connectivity index (χ0n) is 9.14. The Kier molecular flexibility index (Phi) is 10.6. The van der Waals surface area contributed by atoms with Crippen molar-refractivity contribution in [1.82, 2.24) is 5.32 Å². The molecule has 0 bridgehead atoms. The van der Waals surface area contributed by atoms with E-state index in [2.05, 4.69) is 19.2 Å². The summed E-state index contributed by atoms with van der Waals surface area (Å²) in [5.41, 5.74) is 0. The molecular formula is C10H23NOS. The first kappa shape index (κ1) is 13.3. The van der Waals surface area contributed by atoms with Gasteiger partial charge in [-0.2, -0.15) is 11.8 Å². The van der Waals surface area contributed by atoms with Crippen molar-refractivity contribution in [1.29, 1.82) is 0 Å². The summed E-state index contributed by atoms with van der Waals surface area (Å²) < 4.78 is 5.40. The first-order chi connectivity index (χ1) is 6.31. The van der Waals surface area contributed by atoms with Gasteiger partial charge in [-0.05, 0) is 38.3 Å². The Bertz CT molecular complexity index is 101. The highest BCUT2D eigenvalue weighted by atomic mass is 32.2. The van der Waals surface area contributed by atoms with Gasteiger partial charge in [-0.15, -0.1) is 0 Å². The van der Waals surface area contributed by atoms with Crippen LogP contribution < -0.4 is 5.32 Å². The Hall–Kier alpha value is 0.270. The molecule has 1 unspecified atom stereocenters. The second-order valence-corrected chi connectivity index (χ2v) is 4.41. The lowest BCUT2D eigenvalue weighted by Gasteiger charge is -2.12. The first-order valence-electron chi connectivity index (χ1n) is 5.21. The standard InChI is InChI=1S/C10H23NOS/c1-4-12-10(3)9-11-7-6-8-13-5-2/h10-11H,4-9H2,1-3H3. The largest absolute Gasteiger partial charge is 0.377 e. The van der Waals surface area contributed by atoms with Gasteiger partial charge in [0.25, 0.3) is 0 Å². The minimum absolute atomic E-state index is 0.351. The highest BCUT2D eigenvalue weighted by Gasteiger charge is 1.98. The van der Waals surface area contributed by atoms with Gasteiger partial charge >= 0.3 is 0 Å². The molecule has 2 nitrogen and oxygen atoms in total. The van der Waals surface area contributed by atoms with Crippen LogP contribution in [0.25, 0.3) is 0 Å². The third-order valence-corrected chi connectivity index (χ3v) is 2.71. The summed E-state index contributed by atoms with van der Waals surface area (Å²) in [6.07, 6.45) is 1.61. The number of nitrogens with one attached hydrogen (secondary N) is 1. The zero-order valence-corrected chi connectivity index (χ0v) is 9.95. The maximum absolute atomic E-state index is 5.40. The molecule has 1 atom stereocenters. The van der Waals surface area contributed by atoms with E-state index >= 15 is 0 Å². The zero-order chi connectivity index (χ0) is 9.94. The molecule has 0 amide bonds. The molecule has 0 aromatic rings. The van der Waals surface area contributed by atoms with Gasteiger partial charge in [-0.1, -0.05) is 6.92 Å². The lowest BCUT2D eigenvalue weighted by molar-refractivity contribution is 0.0763. The minimum Gasteiger partial charge on any atom is -0.377 e. The highest BCUT2D eigenvalue weighted by molar-refractivity contribution is 7.99. The van der Waals surface area contributed by atoms with Crippen LogP contribution in [0.5, 0.6) is 0 Å². The SMILES string of the molecule is CCOC(C)CNCCCSCC. The Morgan fingerprint density at radius 1 is 1.38 bits per heavy atom. The van der Waals surface area contributed by atoms with E-state index in [1.165, 1.54) is 17.9 Å². The van der Waals surface area contributed by atoms with Crippen LogP contribution in [-0.2, 0) is 4.74 Å². The number of hydrogen-bond acceptors (Lipinski definition) is 3. The molecule has 0 aromatic carbocycles. The van der Waals surface area contributed by atoms with E-state index < -0.39 is 0 Å². The van der Waals surface area contributed by atoms with Crippen molar-refractivity contribution in [2.45, 2.75) is 33.3 Å². The fourth-order valence-electron chi connectivity index (χ4n) is 1.09. The minimum atomic E-state index is 0.351. The summed E-state index contributed by atoms with van der Waals surface area (Å²) in [5, 5.41) is 3.39. The lowest BCUT2D eigenvalue weighted by atomic mass is 10.4. The molecule has 0 saturated heterocycles. The maximum Gasteiger partial charge on any atom is 0.0671 e. The van der Waals surface area contributed by atoms with Gasteiger partial charge in [0.2, 0.25) is 0 Å². The van der Waals surface area contributed by atoms with Crippen molar-refractivity contribution in [2.24, 2.45) is 0 Å². The van der Waals surface area contributed by atoms with E-state index in [9.17, 15) is 0 Å². The van der Waals surface area contributed by atoms with Crippen molar-refractivity contribution in [3.05, 3.63) is 0 Å². The third kappa shape index (κ3) is 10.2. The molecule has 0 aromatic heterocycles. The quantitative estimate of drug-likeness (QED) is 0.583. The summed E-state index contributed by atoms with van der Waals surface area (Å²) in [6, 6.07) is 0. The predicted molar refractivity (Wildman–Crippen MR) is 61.6 cm³/mol. The first-order valence-corrected chi connectivity index (χ1v) is 6.36. The van der Waals surface area contributed by atoms with Gasteiger partial charge in [0.05, 0.1) is 6.10 Å². The van der Waals surface area contributed by atoms with Crippen LogP contribution in [0.2, 0.25) is 0 Å². The third-order valence-electron chi connectivity index (χ3n) is 1.73. The van der Waals surface area contributed by atoms with Crippen molar-refractivity contribution >= 4 is 11.8 Å². The lowest BCUT2D eigenvalue weighted by Crippen LogP contribution is -2.27. The van der Waals surface area contributed by atoms with Gasteiger partial charge < -0.3 is 10.1 Å². The fraction of sp³-hybridized carbons (Fsp3) is 1.00. The molecule has 0 saturated carbocycles. The summed E-state index contributed by atoms with van der Waals surface area (Å²) in [7, 11) is 0. The van der Waals surface area contributed by atoms with Crippen molar-refractivity contribution in [2.75, 3.05) is 31.2 Å². The van der Waals surface area contributed by atoms with Gasteiger partial charge in [0, 0.05) is 13.2 Å². The van der Waals surface area contributed by atoms with Crippen LogP contribution in [0.15, 0.2) is 0 Å². The van der Waals surface area contributed by atoms with Crippen LogP contribution in [0, 0.1) is 0 Å². The Labute approximate surface area is 86.8 Å². The van der Waals surface area contributed by atoms with Crippen LogP contribution in [0.1, 0.15) is 27.2 Å². The van der Waals surface area contributed by atoms with E-state index in [4.69, 9.17) is 4.74 Å². The molecule has 80 valence electrons. The molecule has 1 N–H and O–H groups in total. The monoisotopic (exact) mass is 205 g/mol. The predicted octanol–water partition coefficient (Wildman–Crippen LogP) is 2.14. The molecule has 0 fully saturated rings. The van der Waals surface area contributed by atoms with Gasteiger partial charge in [-0.25, -0.2) is 0 Å². The summed E-state index contributed by atoms with van der Waals surface area (Å²) >= 11 is 2.01. The number of hydrogen-bond donors (Lipinski definition) is 1. The summed E-state index contributed by atoms with van der Waals surface area (Å²) in [5.74, 6) is 2.50. The molecule has 0 aliphatic carbocycles. The summed E-state index contributed by atoms with van der Waals surface area (Å²) in [4.78, 5) is 0. The maximum atomic E-state index is 5.40. The van der Waals surface area contributed by atoms with Crippen LogP contribution in [-0.4, -0.2) is 37.3 Å². The second-order valence-electron chi connectivity index (χ2n) is 3.02. The molecular weight excluding hydrogens is 182 g/mol. The summed E-state index contributed by atoms with van der Waals surface area (Å²) in [6.45, 7) is 9.25. The number of thioether (sulfide) groups is 1. The molecule has 0 spiro atoms. The van der Waals surface area contributed by atoms with Crippen molar-refractivity contribution in [3.63, 3.8) is 0 Å². The average Bonchev–Trinajstić information content (AvgIpc) is 2.11. The van der Waals surface area contributed by atoms with Gasteiger partial charge in [0.1, 0.15) is 0 Å². The van der Waals surface area contributed by atoms with E-state index in [1.807, 2.05) is 18.7 Å². The normalized spacial score (nSPS) is 13.2.